The highest BCUT2D eigenvalue weighted by molar-refractivity contribution is 7.48. The Morgan fingerprint density at radius 2 is 1.61 bits per heavy atom. The summed E-state index contributed by atoms with van der Waals surface area (Å²) in [6, 6.07) is 20.6. The summed E-state index contributed by atoms with van der Waals surface area (Å²) in [5.41, 5.74) is 3.46. The summed E-state index contributed by atoms with van der Waals surface area (Å²) in [7, 11) is -2.80. The van der Waals surface area contributed by atoms with Gasteiger partial charge in [-0.1, -0.05) is 60.7 Å². The number of aromatic amines is 1. The molecule has 3 aromatic carbocycles. The number of amides is 1. The van der Waals surface area contributed by atoms with Crippen molar-refractivity contribution in [2.45, 2.75) is 45.3 Å². The number of hydrogen-bond acceptors (Lipinski definition) is 7. The number of phosphoric ester groups is 1. The van der Waals surface area contributed by atoms with E-state index in [0.29, 0.717) is 42.9 Å². The molecule has 0 saturated heterocycles. The Balaban J connectivity index is 1.15. The lowest BCUT2D eigenvalue weighted by atomic mass is 9.73. The number of ether oxygens (including phenoxy) is 1. The highest BCUT2D eigenvalue weighted by Gasteiger charge is 3.02. The number of rotatable bonds is 11. The van der Waals surface area contributed by atoms with E-state index in [1.165, 1.54) is 7.11 Å². The first-order chi connectivity index (χ1) is 22.2. The van der Waals surface area contributed by atoms with E-state index in [9.17, 15) is 14.2 Å². The first-order valence-corrected chi connectivity index (χ1v) is 17.5. The molecule has 1 aliphatic heterocycles. The van der Waals surface area contributed by atoms with Gasteiger partial charge in [0.15, 0.2) is 5.75 Å². The Labute approximate surface area is 271 Å². The third-order valence-electron chi connectivity index (χ3n) is 10.7. The molecule has 1 amide bonds. The molecule has 0 radical (unpaired) electrons. The number of halogens is 1. The van der Waals surface area contributed by atoms with E-state index in [-0.39, 0.29) is 42.2 Å². The van der Waals surface area contributed by atoms with Crippen LogP contribution in [0.25, 0.3) is 10.9 Å². The second-order valence-corrected chi connectivity index (χ2v) is 15.0. The Morgan fingerprint density at radius 3 is 2.20 bits per heavy atom. The van der Waals surface area contributed by atoms with Gasteiger partial charge in [0.05, 0.1) is 42.4 Å². The van der Waals surface area contributed by atoms with Crippen LogP contribution in [0.3, 0.4) is 0 Å². The van der Waals surface area contributed by atoms with Crippen LogP contribution >= 0.6 is 19.4 Å². The molecule has 1 N–H and O–H groups in total. The monoisotopic (exact) mass is 660 g/mol. The molecule has 4 aromatic rings. The maximum Gasteiger partial charge on any atom is 0.530 e. The first-order valence-electron chi connectivity index (χ1n) is 15.5. The highest BCUT2D eigenvalue weighted by Crippen LogP contribution is 3.01. The minimum Gasteiger partial charge on any atom is -0.469 e. The van der Waals surface area contributed by atoms with Crippen LogP contribution < -0.4 is 9.42 Å². The van der Waals surface area contributed by atoms with Crippen LogP contribution in [0.15, 0.2) is 72.9 Å². The van der Waals surface area contributed by atoms with Crippen molar-refractivity contribution in [1.82, 2.24) is 4.98 Å². The normalized spacial score (nSPS) is 26.9. The number of aryl methyl sites for hydroxylation is 1. The average Bonchev–Trinajstić information content (AvgIpc) is 3.58. The molecule has 238 valence electrons. The van der Waals surface area contributed by atoms with E-state index in [0.717, 1.165) is 27.6 Å². The summed E-state index contributed by atoms with van der Waals surface area (Å²) in [5, 5.41) is 0.873. The van der Waals surface area contributed by atoms with Crippen molar-refractivity contribution in [3.8, 4) is 5.75 Å². The Hall–Kier alpha value is -3.62. The van der Waals surface area contributed by atoms with Gasteiger partial charge in [0, 0.05) is 41.4 Å². The first kappa shape index (κ1) is 29.8. The summed E-state index contributed by atoms with van der Waals surface area (Å²) in [5.74, 6) is 0.251. The fraction of sp³-hybridized carbons (Fsp3) is 0.371. The van der Waals surface area contributed by atoms with Crippen LogP contribution in [0.1, 0.15) is 47.4 Å². The van der Waals surface area contributed by atoms with Crippen molar-refractivity contribution in [3.05, 3.63) is 95.2 Å². The van der Waals surface area contributed by atoms with Gasteiger partial charge >= 0.3 is 13.8 Å². The van der Waals surface area contributed by atoms with Crippen LogP contribution in [-0.2, 0) is 41.2 Å². The minimum atomic E-state index is -4.21. The number of phosphoric acid groups is 1. The van der Waals surface area contributed by atoms with Gasteiger partial charge in [0.2, 0.25) is 5.91 Å². The maximum atomic E-state index is 14.4. The molecule has 3 unspecified atom stereocenters. The third-order valence-corrected chi connectivity index (χ3v) is 12.4. The lowest BCUT2D eigenvalue weighted by Gasteiger charge is -2.34. The van der Waals surface area contributed by atoms with Gasteiger partial charge in [-0.25, -0.2) is 4.57 Å². The minimum absolute atomic E-state index is 0.000668. The number of esters is 1. The van der Waals surface area contributed by atoms with Crippen molar-refractivity contribution >= 4 is 47.9 Å². The van der Waals surface area contributed by atoms with E-state index in [1.54, 1.807) is 11.0 Å². The number of carbonyl (C=O) groups is 2. The number of carbonyl (C=O) groups excluding carboxylic acids is 2. The van der Waals surface area contributed by atoms with Crippen molar-refractivity contribution in [1.29, 1.82) is 0 Å². The molecule has 3 saturated carbocycles. The highest BCUT2D eigenvalue weighted by atomic mass is 35.5. The molecule has 8 rings (SSSR count). The average molecular weight is 661 g/mol. The molecule has 11 heteroatoms. The van der Waals surface area contributed by atoms with Crippen LogP contribution in [0, 0.1) is 23.2 Å². The maximum absolute atomic E-state index is 14.4. The molecule has 4 aliphatic rings. The number of H-pyrrole nitrogens is 1. The van der Waals surface area contributed by atoms with Gasteiger partial charge in [-0.3, -0.25) is 18.6 Å². The van der Waals surface area contributed by atoms with Crippen molar-refractivity contribution in [3.63, 3.8) is 0 Å². The number of nitrogens with zero attached hydrogens (tertiary/aromatic N) is 1. The molecular formula is C35H34ClN2O7P. The topological polar surface area (TPSA) is 107 Å². The van der Waals surface area contributed by atoms with Crippen LogP contribution in [0.5, 0.6) is 5.75 Å². The molecule has 1 aromatic heterocycles. The second-order valence-electron chi connectivity index (χ2n) is 13.1. The van der Waals surface area contributed by atoms with Crippen LogP contribution in [0.4, 0.5) is 5.69 Å². The number of methoxy groups -OCH3 is 1. The summed E-state index contributed by atoms with van der Waals surface area (Å²) in [4.78, 5) is 32.0. The van der Waals surface area contributed by atoms with Crippen molar-refractivity contribution < 1.29 is 32.5 Å². The quantitative estimate of drug-likeness (QED) is 0.101. The van der Waals surface area contributed by atoms with Crippen LogP contribution in [-0.4, -0.2) is 36.4 Å². The Morgan fingerprint density at radius 1 is 0.978 bits per heavy atom. The third kappa shape index (κ3) is 4.18. The van der Waals surface area contributed by atoms with Gasteiger partial charge in [0.1, 0.15) is 0 Å². The lowest BCUT2D eigenvalue weighted by Crippen LogP contribution is -2.45. The van der Waals surface area contributed by atoms with Gasteiger partial charge < -0.3 is 19.1 Å². The molecular weight excluding hydrogens is 627 g/mol. The van der Waals surface area contributed by atoms with Crippen LogP contribution in [0.2, 0.25) is 0 Å². The second kappa shape index (κ2) is 10.4. The number of aromatic nitrogens is 1. The lowest BCUT2D eigenvalue weighted by molar-refractivity contribution is -0.153. The standard InChI is InChI=1S/C35H34ClN2O7P/c1-22-15-37-30-27(45-46(41,43-17-23-9-5-3-6-10-23)44-18-24-11-7-4-8-12-24)13-26-29(28(22)30)25(14-36)16-38(26)31(39)33-19-34(32(40)42-2)21-35(33,34)20-33/h3-13,15,25,37H,14,16-21H2,1-2H3/t25-,33?,34?,35?/m1/s1. The molecule has 3 fully saturated rings. The van der Waals surface area contributed by atoms with E-state index < -0.39 is 18.7 Å². The summed E-state index contributed by atoms with van der Waals surface area (Å²) < 4.78 is 37.6. The molecule has 1 spiro atoms. The Bertz CT molecular complexity index is 1890. The van der Waals surface area contributed by atoms with Gasteiger partial charge in [0.25, 0.3) is 0 Å². The zero-order valence-electron chi connectivity index (χ0n) is 25.6. The number of alkyl halides is 1. The van der Waals surface area contributed by atoms with E-state index in [4.69, 9.17) is 29.9 Å². The fourth-order valence-corrected chi connectivity index (χ4v) is 9.82. The van der Waals surface area contributed by atoms with Gasteiger partial charge in [-0.2, -0.15) is 0 Å². The predicted octanol–water partition coefficient (Wildman–Crippen LogP) is 7.41. The van der Waals surface area contributed by atoms with Crippen molar-refractivity contribution in [2.24, 2.45) is 16.2 Å². The summed E-state index contributed by atoms with van der Waals surface area (Å²) in [6.07, 6.45) is 3.76. The molecule has 2 heterocycles. The number of hydrogen-bond donors (Lipinski definition) is 1. The van der Waals surface area contributed by atoms with E-state index >= 15 is 0 Å². The van der Waals surface area contributed by atoms with Gasteiger partial charge in [-0.05, 0) is 48.4 Å². The smallest absolute Gasteiger partial charge is 0.469 e. The van der Waals surface area contributed by atoms with Gasteiger partial charge in [-0.15, -0.1) is 11.6 Å². The van der Waals surface area contributed by atoms with E-state index in [1.807, 2.05) is 73.8 Å². The largest absolute Gasteiger partial charge is 0.530 e. The fourth-order valence-electron chi connectivity index (χ4n) is 8.39. The summed E-state index contributed by atoms with van der Waals surface area (Å²) in [6.45, 7) is 2.41. The zero-order chi connectivity index (χ0) is 31.9. The summed E-state index contributed by atoms with van der Waals surface area (Å²) >= 11 is 6.54. The van der Waals surface area contributed by atoms with Crippen molar-refractivity contribution in [2.75, 3.05) is 24.4 Å². The zero-order valence-corrected chi connectivity index (χ0v) is 27.2. The van der Waals surface area contributed by atoms with E-state index in [2.05, 4.69) is 4.98 Å². The number of nitrogens with one attached hydrogen (secondary N) is 1. The number of benzene rings is 3. The molecule has 4 atom stereocenters. The predicted molar refractivity (Wildman–Crippen MR) is 173 cm³/mol. The molecule has 46 heavy (non-hydrogen) atoms. The number of fused-ring (bicyclic) bond motifs is 3. The SMILES string of the molecule is COC(=O)C12CC3(C(=O)N4C[C@@H](CCl)c5c4cc(OP(=O)(OCc4ccccc4)OCc4ccccc4)c4[nH]cc(C)c54)CC13C2. The molecule has 0 bridgehead atoms. The number of anilines is 1. The molecule has 9 nitrogen and oxygen atoms in total. The molecule has 3 aliphatic carbocycles. The Kier molecular flexibility index (Phi) is 6.76.